The molecule has 30 heavy (non-hydrogen) atoms. The molecule has 1 spiro atoms. The van der Waals surface area contributed by atoms with E-state index in [1.165, 1.54) is 5.56 Å². The van der Waals surface area contributed by atoms with Gasteiger partial charge in [-0.1, -0.05) is 36.4 Å². The van der Waals surface area contributed by atoms with Crippen LogP contribution in [-0.2, 0) is 17.8 Å². The molecule has 2 aromatic carbocycles. The van der Waals surface area contributed by atoms with Crippen LogP contribution in [0, 0.1) is 11.3 Å². The third-order valence-electron chi connectivity index (χ3n) is 6.79. The standard InChI is InChI=1S/C25H32N2O3/c1-30-23-10-9-20(16-22(23)28)18-27-14-11-25(12-15-27)17-21(25)24(29)26-13-5-8-19-6-3-2-4-7-19/h2-4,6-7,9-10,16,21,28H,5,8,11-15,17-18H2,1H3,(H,26,29)/t21-/m1/s1. The van der Waals surface area contributed by atoms with Gasteiger partial charge >= 0.3 is 0 Å². The van der Waals surface area contributed by atoms with Crippen LogP contribution in [0.2, 0.25) is 0 Å². The lowest BCUT2D eigenvalue weighted by Gasteiger charge is -2.32. The zero-order valence-corrected chi connectivity index (χ0v) is 17.8. The number of aromatic hydroxyl groups is 1. The molecule has 1 aliphatic heterocycles. The Morgan fingerprint density at radius 2 is 1.93 bits per heavy atom. The van der Waals surface area contributed by atoms with Crippen LogP contribution < -0.4 is 10.1 Å². The minimum absolute atomic E-state index is 0.190. The van der Waals surface area contributed by atoms with Gasteiger partial charge in [0.05, 0.1) is 7.11 Å². The van der Waals surface area contributed by atoms with Crippen molar-refractivity contribution in [3.05, 3.63) is 59.7 Å². The average Bonchev–Trinajstić information content (AvgIpc) is 3.47. The van der Waals surface area contributed by atoms with Crippen molar-refractivity contribution in [3.8, 4) is 11.5 Å². The number of nitrogens with one attached hydrogen (secondary N) is 1. The van der Waals surface area contributed by atoms with E-state index in [1.54, 1.807) is 13.2 Å². The summed E-state index contributed by atoms with van der Waals surface area (Å²) in [5, 5.41) is 13.1. The highest BCUT2D eigenvalue weighted by atomic mass is 16.5. The Morgan fingerprint density at radius 3 is 2.63 bits per heavy atom. The van der Waals surface area contributed by atoms with E-state index < -0.39 is 0 Å². The molecular weight excluding hydrogens is 376 g/mol. The van der Waals surface area contributed by atoms with Gasteiger partial charge in [-0.3, -0.25) is 9.69 Å². The van der Waals surface area contributed by atoms with E-state index in [0.717, 1.165) is 63.8 Å². The zero-order valence-electron chi connectivity index (χ0n) is 17.8. The first-order valence-electron chi connectivity index (χ1n) is 11.0. The summed E-state index contributed by atoms with van der Waals surface area (Å²) in [6.07, 6.45) is 5.19. The number of phenolic OH excluding ortho intramolecular Hbond substituents is 1. The van der Waals surface area contributed by atoms with E-state index in [9.17, 15) is 9.90 Å². The fraction of sp³-hybridized carbons (Fsp3) is 0.480. The molecule has 1 atom stereocenters. The number of amides is 1. The van der Waals surface area contributed by atoms with E-state index >= 15 is 0 Å². The third kappa shape index (κ3) is 4.78. The molecule has 0 unspecified atom stereocenters. The van der Waals surface area contributed by atoms with E-state index in [-0.39, 0.29) is 23.0 Å². The van der Waals surface area contributed by atoms with Gasteiger partial charge in [-0.15, -0.1) is 0 Å². The molecule has 4 rings (SSSR count). The molecule has 160 valence electrons. The van der Waals surface area contributed by atoms with Gasteiger partial charge in [-0.2, -0.15) is 0 Å². The number of carbonyl (C=O) groups is 1. The number of aryl methyl sites for hydroxylation is 1. The predicted molar refractivity (Wildman–Crippen MR) is 117 cm³/mol. The van der Waals surface area contributed by atoms with Gasteiger partial charge in [0.1, 0.15) is 0 Å². The highest BCUT2D eigenvalue weighted by Gasteiger charge is 2.58. The van der Waals surface area contributed by atoms with Gasteiger partial charge in [0, 0.05) is 19.0 Å². The van der Waals surface area contributed by atoms with Crippen LogP contribution in [0.5, 0.6) is 11.5 Å². The highest BCUT2D eigenvalue weighted by molar-refractivity contribution is 5.82. The lowest BCUT2D eigenvalue weighted by atomic mass is 9.90. The monoisotopic (exact) mass is 408 g/mol. The number of phenols is 1. The van der Waals surface area contributed by atoms with Gasteiger partial charge in [-0.25, -0.2) is 0 Å². The number of likely N-dealkylation sites (tertiary alicyclic amines) is 1. The molecule has 2 N–H and O–H groups in total. The second kappa shape index (κ2) is 9.09. The third-order valence-corrected chi connectivity index (χ3v) is 6.79. The molecule has 0 aromatic heterocycles. The molecule has 2 aliphatic rings. The van der Waals surface area contributed by atoms with Crippen LogP contribution in [-0.4, -0.2) is 42.7 Å². The summed E-state index contributed by atoms with van der Waals surface area (Å²) in [5.74, 6) is 1.14. The molecule has 0 radical (unpaired) electrons. The molecule has 2 fully saturated rings. The maximum atomic E-state index is 12.6. The van der Waals surface area contributed by atoms with Crippen molar-refractivity contribution in [2.45, 2.75) is 38.6 Å². The van der Waals surface area contributed by atoms with Crippen LogP contribution >= 0.6 is 0 Å². The number of carbonyl (C=O) groups excluding carboxylic acids is 1. The summed E-state index contributed by atoms with van der Waals surface area (Å²) in [7, 11) is 1.56. The summed E-state index contributed by atoms with van der Waals surface area (Å²) in [5.41, 5.74) is 2.64. The minimum atomic E-state index is 0.190. The fourth-order valence-electron chi connectivity index (χ4n) is 4.79. The number of methoxy groups -OCH3 is 1. The van der Waals surface area contributed by atoms with Crippen LogP contribution in [0.1, 0.15) is 36.8 Å². The number of piperidine rings is 1. The molecule has 2 aromatic rings. The van der Waals surface area contributed by atoms with Crippen molar-refractivity contribution in [1.29, 1.82) is 0 Å². The Kier molecular flexibility index (Phi) is 6.28. The largest absolute Gasteiger partial charge is 0.504 e. The number of rotatable bonds is 8. The summed E-state index contributed by atoms with van der Waals surface area (Å²) in [4.78, 5) is 15.0. The second-order valence-electron chi connectivity index (χ2n) is 8.78. The molecule has 1 saturated carbocycles. The molecule has 1 aliphatic carbocycles. The summed E-state index contributed by atoms with van der Waals surface area (Å²) in [6, 6.07) is 16.0. The number of benzene rings is 2. The van der Waals surface area contributed by atoms with Crippen LogP contribution in [0.3, 0.4) is 0 Å². The van der Waals surface area contributed by atoms with Crippen LogP contribution in [0.25, 0.3) is 0 Å². The van der Waals surface area contributed by atoms with Crippen molar-refractivity contribution >= 4 is 5.91 Å². The Morgan fingerprint density at radius 1 is 1.17 bits per heavy atom. The van der Waals surface area contributed by atoms with Gasteiger partial charge < -0.3 is 15.2 Å². The summed E-state index contributed by atoms with van der Waals surface area (Å²) < 4.78 is 5.12. The fourth-order valence-corrected chi connectivity index (χ4v) is 4.79. The normalized spacial score (nSPS) is 20.1. The topological polar surface area (TPSA) is 61.8 Å². The lowest BCUT2D eigenvalue weighted by Crippen LogP contribution is -2.37. The molecule has 5 nitrogen and oxygen atoms in total. The van der Waals surface area contributed by atoms with Gasteiger partial charge in [0.25, 0.3) is 0 Å². The molecular formula is C25H32N2O3. The van der Waals surface area contributed by atoms with Crippen molar-refractivity contribution in [2.24, 2.45) is 11.3 Å². The molecule has 1 amide bonds. The van der Waals surface area contributed by atoms with Crippen molar-refractivity contribution in [3.63, 3.8) is 0 Å². The maximum absolute atomic E-state index is 12.6. The molecule has 1 saturated heterocycles. The Balaban J connectivity index is 1.18. The Labute approximate surface area is 179 Å². The maximum Gasteiger partial charge on any atom is 0.223 e. The molecule has 1 heterocycles. The summed E-state index contributed by atoms with van der Waals surface area (Å²) in [6.45, 7) is 3.59. The highest BCUT2D eigenvalue weighted by Crippen LogP contribution is 2.59. The molecule has 5 heteroatoms. The smallest absolute Gasteiger partial charge is 0.223 e. The first kappa shape index (κ1) is 20.7. The Bertz CT molecular complexity index is 860. The second-order valence-corrected chi connectivity index (χ2v) is 8.78. The van der Waals surface area contributed by atoms with E-state index in [0.29, 0.717) is 5.75 Å². The number of nitrogens with zero attached hydrogens (tertiary/aromatic N) is 1. The Hall–Kier alpha value is -2.53. The van der Waals surface area contributed by atoms with Crippen LogP contribution in [0.4, 0.5) is 0 Å². The average molecular weight is 409 g/mol. The van der Waals surface area contributed by atoms with Crippen molar-refractivity contribution in [2.75, 3.05) is 26.7 Å². The van der Waals surface area contributed by atoms with Gasteiger partial charge in [0.15, 0.2) is 11.5 Å². The minimum Gasteiger partial charge on any atom is -0.504 e. The summed E-state index contributed by atoms with van der Waals surface area (Å²) >= 11 is 0. The quantitative estimate of drug-likeness (QED) is 0.653. The number of ether oxygens (including phenoxy) is 1. The molecule has 0 bridgehead atoms. The van der Waals surface area contributed by atoms with Gasteiger partial charge in [-0.05, 0) is 73.9 Å². The predicted octanol–water partition coefficient (Wildman–Crippen LogP) is 3.75. The van der Waals surface area contributed by atoms with Gasteiger partial charge in [0.2, 0.25) is 5.91 Å². The van der Waals surface area contributed by atoms with Crippen LogP contribution in [0.15, 0.2) is 48.5 Å². The number of hydrogen-bond acceptors (Lipinski definition) is 4. The first-order chi connectivity index (χ1) is 14.6. The number of hydrogen-bond donors (Lipinski definition) is 2. The van der Waals surface area contributed by atoms with Crippen molar-refractivity contribution in [1.82, 2.24) is 10.2 Å². The zero-order chi connectivity index (χ0) is 21.0. The van der Waals surface area contributed by atoms with E-state index in [4.69, 9.17) is 4.74 Å². The SMILES string of the molecule is COc1ccc(CN2CCC3(CC2)C[C@@H]3C(=O)NCCCc2ccccc2)cc1O. The lowest BCUT2D eigenvalue weighted by molar-refractivity contribution is -0.123. The van der Waals surface area contributed by atoms with E-state index in [1.807, 2.05) is 18.2 Å². The van der Waals surface area contributed by atoms with Crippen molar-refractivity contribution < 1.29 is 14.6 Å². The first-order valence-corrected chi connectivity index (χ1v) is 11.0. The van der Waals surface area contributed by atoms with E-state index in [2.05, 4.69) is 34.5 Å².